The van der Waals surface area contributed by atoms with Crippen LogP contribution in [-0.2, 0) is 6.54 Å². The van der Waals surface area contributed by atoms with Crippen LogP contribution in [0.5, 0.6) is 0 Å². The van der Waals surface area contributed by atoms with E-state index >= 15 is 0 Å². The van der Waals surface area contributed by atoms with Gasteiger partial charge in [0.1, 0.15) is 5.69 Å². The van der Waals surface area contributed by atoms with Crippen LogP contribution >= 0.6 is 0 Å². The van der Waals surface area contributed by atoms with Gasteiger partial charge in [0.05, 0.1) is 12.2 Å². The number of amides is 1. The number of anilines is 1. The highest BCUT2D eigenvalue weighted by Crippen LogP contribution is 2.09. The Balaban J connectivity index is 1.87. The second-order valence-corrected chi connectivity index (χ2v) is 5.07. The molecule has 2 aromatic heterocycles. The van der Waals surface area contributed by atoms with Gasteiger partial charge in [-0.3, -0.25) is 14.8 Å². The number of unbranched alkanes of at least 4 members (excludes halogenated alkanes) is 2. The lowest BCUT2D eigenvalue weighted by molar-refractivity contribution is 0.0948. The molecule has 0 radical (unpaired) electrons. The summed E-state index contributed by atoms with van der Waals surface area (Å²) in [5.41, 5.74) is 2.24. The van der Waals surface area contributed by atoms with Gasteiger partial charge >= 0.3 is 0 Å². The van der Waals surface area contributed by atoms with E-state index in [4.69, 9.17) is 0 Å². The van der Waals surface area contributed by atoms with Gasteiger partial charge in [-0.15, -0.1) is 0 Å². The SMILES string of the molecule is CCCCCNC(=O)c1cc(NCc2ccccn2)ccn1. The molecular weight excluding hydrogens is 276 g/mol. The Labute approximate surface area is 131 Å². The molecule has 2 aromatic rings. The molecule has 0 atom stereocenters. The zero-order valence-corrected chi connectivity index (χ0v) is 12.9. The maximum atomic E-state index is 12.0. The van der Waals surface area contributed by atoms with Crippen molar-refractivity contribution >= 4 is 11.6 Å². The Morgan fingerprint density at radius 1 is 1.14 bits per heavy atom. The summed E-state index contributed by atoms with van der Waals surface area (Å²) in [6, 6.07) is 9.40. The minimum absolute atomic E-state index is 0.127. The highest BCUT2D eigenvalue weighted by molar-refractivity contribution is 5.93. The number of hydrogen-bond donors (Lipinski definition) is 2. The molecule has 2 N–H and O–H groups in total. The Hall–Kier alpha value is -2.43. The number of rotatable bonds is 8. The third kappa shape index (κ3) is 5.16. The monoisotopic (exact) mass is 298 g/mol. The first-order valence-corrected chi connectivity index (χ1v) is 7.67. The summed E-state index contributed by atoms with van der Waals surface area (Å²) in [6.07, 6.45) is 6.67. The van der Waals surface area contributed by atoms with Gasteiger partial charge < -0.3 is 10.6 Å². The van der Waals surface area contributed by atoms with Crippen LogP contribution in [0.15, 0.2) is 42.7 Å². The summed E-state index contributed by atoms with van der Waals surface area (Å²) in [4.78, 5) is 20.4. The van der Waals surface area contributed by atoms with E-state index in [0.29, 0.717) is 18.8 Å². The molecule has 5 heteroatoms. The standard InChI is InChI=1S/C17H22N4O/c1-2-3-5-10-20-17(22)16-12-14(8-11-19-16)21-13-15-7-4-6-9-18-15/h4,6-9,11-12H,2-3,5,10,13H2,1H3,(H,19,21)(H,20,22). The van der Waals surface area contributed by atoms with Gasteiger partial charge in [-0.2, -0.15) is 0 Å². The molecule has 2 heterocycles. The Bertz CT molecular complexity index is 586. The molecule has 5 nitrogen and oxygen atoms in total. The van der Waals surface area contributed by atoms with E-state index < -0.39 is 0 Å². The van der Waals surface area contributed by atoms with Crippen molar-refractivity contribution in [3.8, 4) is 0 Å². The summed E-state index contributed by atoms with van der Waals surface area (Å²) in [6.45, 7) is 3.45. The minimum Gasteiger partial charge on any atom is -0.379 e. The van der Waals surface area contributed by atoms with Crippen LogP contribution < -0.4 is 10.6 Å². The number of aromatic nitrogens is 2. The van der Waals surface area contributed by atoms with Crippen LogP contribution in [0.1, 0.15) is 42.4 Å². The third-order valence-electron chi connectivity index (χ3n) is 3.26. The Morgan fingerprint density at radius 2 is 2.05 bits per heavy atom. The zero-order chi connectivity index (χ0) is 15.6. The average molecular weight is 298 g/mol. The van der Waals surface area contributed by atoms with Crippen molar-refractivity contribution in [2.24, 2.45) is 0 Å². The van der Waals surface area contributed by atoms with Gasteiger partial charge in [-0.25, -0.2) is 0 Å². The number of hydrogen-bond acceptors (Lipinski definition) is 4. The molecule has 0 unspecified atom stereocenters. The fourth-order valence-electron chi connectivity index (χ4n) is 2.03. The average Bonchev–Trinajstić information content (AvgIpc) is 2.58. The topological polar surface area (TPSA) is 66.9 Å². The fraction of sp³-hybridized carbons (Fsp3) is 0.353. The summed E-state index contributed by atoms with van der Waals surface area (Å²) in [7, 11) is 0. The molecule has 0 aliphatic heterocycles. The van der Waals surface area contributed by atoms with Crippen molar-refractivity contribution in [3.63, 3.8) is 0 Å². The molecule has 1 amide bonds. The quantitative estimate of drug-likeness (QED) is 0.735. The van der Waals surface area contributed by atoms with Crippen molar-refractivity contribution in [1.29, 1.82) is 0 Å². The van der Waals surface area contributed by atoms with Gasteiger partial charge in [0.15, 0.2) is 0 Å². The van der Waals surface area contributed by atoms with Crippen molar-refractivity contribution in [3.05, 3.63) is 54.1 Å². The van der Waals surface area contributed by atoms with Gasteiger partial charge in [-0.1, -0.05) is 25.8 Å². The second kappa shape index (κ2) is 8.77. The number of nitrogens with one attached hydrogen (secondary N) is 2. The predicted molar refractivity (Wildman–Crippen MR) is 87.7 cm³/mol. The lowest BCUT2D eigenvalue weighted by atomic mass is 10.2. The zero-order valence-electron chi connectivity index (χ0n) is 12.9. The Kier molecular flexibility index (Phi) is 6.36. The van der Waals surface area contributed by atoms with Crippen LogP contribution in [0.3, 0.4) is 0 Å². The maximum absolute atomic E-state index is 12.0. The summed E-state index contributed by atoms with van der Waals surface area (Å²) in [5, 5.41) is 6.14. The number of pyridine rings is 2. The molecule has 22 heavy (non-hydrogen) atoms. The van der Waals surface area contributed by atoms with Gasteiger partial charge in [0.25, 0.3) is 5.91 Å². The number of carbonyl (C=O) groups excluding carboxylic acids is 1. The van der Waals surface area contributed by atoms with Crippen LogP contribution in [0.2, 0.25) is 0 Å². The van der Waals surface area contributed by atoms with E-state index in [0.717, 1.165) is 30.6 Å². The molecule has 0 fully saturated rings. The molecule has 0 saturated heterocycles. The summed E-state index contributed by atoms with van der Waals surface area (Å²) >= 11 is 0. The van der Waals surface area contributed by atoms with Crippen molar-refractivity contribution in [2.45, 2.75) is 32.7 Å². The van der Waals surface area contributed by atoms with Gasteiger partial charge in [0.2, 0.25) is 0 Å². The van der Waals surface area contributed by atoms with E-state index in [9.17, 15) is 4.79 Å². The minimum atomic E-state index is -0.127. The molecular formula is C17H22N4O. The van der Waals surface area contributed by atoms with E-state index in [1.54, 1.807) is 18.5 Å². The number of carbonyl (C=O) groups is 1. The summed E-state index contributed by atoms with van der Waals surface area (Å²) < 4.78 is 0. The first kappa shape index (κ1) is 15.9. The molecule has 0 aliphatic rings. The largest absolute Gasteiger partial charge is 0.379 e. The van der Waals surface area contributed by atoms with Crippen LogP contribution in [0, 0.1) is 0 Å². The molecule has 0 spiro atoms. The molecule has 0 bridgehead atoms. The highest BCUT2D eigenvalue weighted by Gasteiger charge is 2.07. The van der Waals surface area contributed by atoms with Crippen LogP contribution in [0.25, 0.3) is 0 Å². The molecule has 0 aromatic carbocycles. The van der Waals surface area contributed by atoms with Crippen LogP contribution in [0.4, 0.5) is 5.69 Å². The van der Waals surface area contributed by atoms with E-state index in [-0.39, 0.29) is 5.91 Å². The highest BCUT2D eigenvalue weighted by atomic mass is 16.1. The fourth-order valence-corrected chi connectivity index (χ4v) is 2.03. The Morgan fingerprint density at radius 3 is 2.82 bits per heavy atom. The van der Waals surface area contributed by atoms with Crippen molar-refractivity contribution in [1.82, 2.24) is 15.3 Å². The predicted octanol–water partition coefficient (Wildman–Crippen LogP) is 3.01. The first-order chi connectivity index (χ1) is 10.8. The normalized spacial score (nSPS) is 10.2. The van der Waals surface area contributed by atoms with E-state index in [1.165, 1.54) is 0 Å². The van der Waals surface area contributed by atoms with Gasteiger partial charge in [-0.05, 0) is 30.7 Å². The molecule has 116 valence electrons. The molecule has 2 rings (SSSR count). The van der Waals surface area contributed by atoms with Crippen molar-refractivity contribution in [2.75, 3.05) is 11.9 Å². The molecule has 0 saturated carbocycles. The van der Waals surface area contributed by atoms with E-state index in [1.807, 2.05) is 24.3 Å². The third-order valence-corrected chi connectivity index (χ3v) is 3.26. The van der Waals surface area contributed by atoms with E-state index in [2.05, 4.69) is 27.5 Å². The maximum Gasteiger partial charge on any atom is 0.269 e. The molecule has 0 aliphatic carbocycles. The van der Waals surface area contributed by atoms with Gasteiger partial charge in [0, 0.05) is 24.6 Å². The smallest absolute Gasteiger partial charge is 0.269 e. The lowest BCUT2D eigenvalue weighted by Crippen LogP contribution is -2.25. The van der Waals surface area contributed by atoms with Crippen LogP contribution in [-0.4, -0.2) is 22.4 Å². The van der Waals surface area contributed by atoms with Crippen molar-refractivity contribution < 1.29 is 4.79 Å². The summed E-state index contributed by atoms with van der Waals surface area (Å²) in [5.74, 6) is -0.127. The second-order valence-electron chi connectivity index (χ2n) is 5.07. The lowest BCUT2D eigenvalue weighted by Gasteiger charge is -2.08. The number of nitrogens with zero attached hydrogens (tertiary/aromatic N) is 2. The first-order valence-electron chi connectivity index (χ1n) is 7.67.